The maximum absolute atomic E-state index is 13.0. The first-order valence-electron chi connectivity index (χ1n) is 8.87. The Bertz CT molecular complexity index is 862. The molecule has 1 aliphatic rings. The number of nitrogens with one attached hydrogen (secondary N) is 1. The van der Waals surface area contributed by atoms with E-state index >= 15 is 0 Å². The average Bonchev–Trinajstić information content (AvgIpc) is 3.28. The minimum absolute atomic E-state index is 0.00722. The fraction of sp³-hybridized carbons (Fsp3) is 0.500. The van der Waals surface area contributed by atoms with Gasteiger partial charge in [-0.2, -0.15) is 0 Å². The second-order valence-corrected chi connectivity index (χ2v) is 10.6. The summed E-state index contributed by atoms with van der Waals surface area (Å²) in [5, 5.41) is 4.17. The summed E-state index contributed by atoms with van der Waals surface area (Å²) in [5.41, 5.74) is 1.25. The Morgan fingerprint density at radius 3 is 2.85 bits per heavy atom. The lowest BCUT2D eigenvalue weighted by molar-refractivity contribution is -0.134. The molecule has 0 saturated heterocycles. The first kappa shape index (κ1) is 20.5. The Kier molecular flexibility index (Phi) is 6.69. The van der Waals surface area contributed by atoms with Crippen LogP contribution in [0.15, 0.2) is 29.0 Å². The number of nitrogens with zero attached hydrogens (tertiary/aromatic N) is 2. The van der Waals surface area contributed by atoms with Gasteiger partial charge in [-0.1, -0.05) is 6.07 Å². The number of likely N-dealkylation sites (N-methyl/N-ethyl adjacent to an activating group) is 1. The molecule has 0 spiro atoms. The van der Waals surface area contributed by atoms with E-state index in [1.165, 1.54) is 15.3 Å². The third-order valence-corrected chi connectivity index (χ3v) is 7.23. The summed E-state index contributed by atoms with van der Waals surface area (Å²) < 4.78 is 24.7. The number of rotatable bonds is 8. The molecule has 1 amide bonds. The van der Waals surface area contributed by atoms with Gasteiger partial charge in [-0.05, 0) is 54.9 Å². The second kappa shape index (κ2) is 8.83. The highest BCUT2D eigenvalue weighted by Crippen LogP contribution is 2.39. The van der Waals surface area contributed by atoms with Gasteiger partial charge in [-0.3, -0.25) is 9.69 Å². The number of sulfonamides is 1. The van der Waals surface area contributed by atoms with Crippen LogP contribution in [0, 0.1) is 0 Å². The zero-order chi connectivity index (χ0) is 19.4. The normalized spacial score (nSPS) is 17.3. The van der Waals surface area contributed by atoms with Crippen molar-refractivity contribution in [3.05, 3.63) is 44.3 Å². The number of carbonyl (C=O) groups is 1. The largest absolute Gasteiger partial charge is 0.329 e. The van der Waals surface area contributed by atoms with Gasteiger partial charge in [0.15, 0.2) is 0 Å². The SMILES string of the molecule is CN(CCCNS(C)(=O)=O)CC(=O)N1CCc2sccc2C1c1cccs1. The van der Waals surface area contributed by atoms with Crippen molar-refractivity contribution in [2.45, 2.75) is 18.9 Å². The van der Waals surface area contributed by atoms with Crippen LogP contribution in [0.3, 0.4) is 0 Å². The molecule has 9 heteroatoms. The third-order valence-electron chi connectivity index (χ3n) is 4.58. The summed E-state index contributed by atoms with van der Waals surface area (Å²) in [4.78, 5) is 19.5. The lowest BCUT2D eigenvalue weighted by Crippen LogP contribution is -2.44. The fourth-order valence-electron chi connectivity index (χ4n) is 3.35. The van der Waals surface area contributed by atoms with E-state index < -0.39 is 10.0 Å². The van der Waals surface area contributed by atoms with E-state index in [9.17, 15) is 13.2 Å². The van der Waals surface area contributed by atoms with Crippen LogP contribution in [-0.2, 0) is 21.2 Å². The molecule has 0 fully saturated rings. The summed E-state index contributed by atoms with van der Waals surface area (Å²) in [6.07, 6.45) is 2.72. The van der Waals surface area contributed by atoms with Crippen LogP contribution in [0.4, 0.5) is 0 Å². The number of hydrogen-bond acceptors (Lipinski definition) is 6. The molecule has 0 aliphatic carbocycles. The van der Waals surface area contributed by atoms with Crippen LogP contribution in [0.5, 0.6) is 0 Å². The quantitative estimate of drug-likeness (QED) is 0.656. The van der Waals surface area contributed by atoms with Gasteiger partial charge in [0.05, 0.1) is 18.8 Å². The number of carbonyl (C=O) groups excluding carboxylic acids is 1. The maximum Gasteiger partial charge on any atom is 0.237 e. The molecule has 3 rings (SSSR count). The zero-order valence-corrected chi connectivity index (χ0v) is 18.0. The van der Waals surface area contributed by atoms with Gasteiger partial charge in [-0.15, -0.1) is 22.7 Å². The number of thiophene rings is 2. The molecule has 1 atom stereocenters. The van der Waals surface area contributed by atoms with Gasteiger partial charge in [0, 0.05) is 22.8 Å². The Hall–Kier alpha value is -1.26. The molecular weight excluding hydrogens is 402 g/mol. The number of fused-ring (bicyclic) bond motifs is 1. The van der Waals surface area contributed by atoms with Gasteiger partial charge >= 0.3 is 0 Å². The van der Waals surface area contributed by atoms with Crippen molar-refractivity contribution in [3.63, 3.8) is 0 Å². The van der Waals surface area contributed by atoms with Gasteiger partial charge < -0.3 is 4.90 Å². The standard InChI is InChI=1S/C18H25N3O3S3/c1-20(9-4-8-19-27(2,23)24)13-17(22)21-10-6-15-14(7-12-26-15)18(21)16-5-3-11-25-16/h3,5,7,11-12,18-19H,4,6,8-10,13H2,1-2H3. The predicted octanol–water partition coefficient (Wildman–Crippen LogP) is 2.15. The summed E-state index contributed by atoms with van der Waals surface area (Å²) in [5.74, 6) is 0.115. The van der Waals surface area contributed by atoms with E-state index in [1.54, 1.807) is 22.7 Å². The number of hydrogen-bond donors (Lipinski definition) is 1. The smallest absolute Gasteiger partial charge is 0.237 e. The molecule has 0 bridgehead atoms. The molecule has 27 heavy (non-hydrogen) atoms. The van der Waals surface area contributed by atoms with Crippen LogP contribution in [0.25, 0.3) is 0 Å². The molecule has 3 heterocycles. The Morgan fingerprint density at radius 2 is 2.15 bits per heavy atom. The van der Waals surface area contributed by atoms with Gasteiger partial charge in [0.25, 0.3) is 0 Å². The molecule has 1 unspecified atom stereocenters. The highest BCUT2D eigenvalue weighted by molar-refractivity contribution is 7.88. The lowest BCUT2D eigenvalue weighted by atomic mass is 9.98. The summed E-state index contributed by atoms with van der Waals surface area (Å²) >= 11 is 3.46. The second-order valence-electron chi connectivity index (χ2n) is 6.81. The van der Waals surface area contributed by atoms with E-state index in [4.69, 9.17) is 0 Å². The first-order valence-corrected chi connectivity index (χ1v) is 12.5. The van der Waals surface area contributed by atoms with E-state index in [2.05, 4.69) is 27.6 Å². The minimum atomic E-state index is -3.16. The molecule has 0 saturated carbocycles. The summed E-state index contributed by atoms with van der Waals surface area (Å²) in [6.45, 7) is 2.12. The molecule has 148 valence electrons. The van der Waals surface area contributed by atoms with Crippen molar-refractivity contribution < 1.29 is 13.2 Å². The lowest BCUT2D eigenvalue weighted by Gasteiger charge is -2.36. The van der Waals surface area contributed by atoms with Crippen molar-refractivity contribution in [2.24, 2.45) is 0 Å². The average molecular weight is 428 g/mol. The van der Waals surface area contributed by atoms with Crippen LogP contribution < -0.4 is 4.72 Å². The van der Waals surface area contributed by atoms with Crippen LogP contribution in [-0.4, -0.2) is 63.6 Å². The van der Waals surface area contributed by atoms with E-state index in [0.29, 0.717) is 26.1 Å². The van der Waals surface area contributed by atoms with Crippen molar-refractivity contribution in [2.75, 3.05) is 39.5 Å². The highest BCUT2D eigenvalue weighted by Gasteiger charge is 2.33. The topological polar surface area (TPSA) is 69.7 Å². The monoisotopic (exact) mass is 427 g/mol. The molecule has 1 N–H and O–H groups in total. The number of amides is 1. The Labute approximate surface area is 168 Å². The van der Waals surface area contributed by atoms with Crippen LogP contribution >= 0.6 is 22.7 Å². The Morgan fingerprint density at radius 1 is 1.33 bits per heavy atom. The highest BCUT2D eigenvalue weighted by atomic mass is 32.2. The van der Waals surface area contributed by atoms with Crippen LogP contribution in [0.2, 0.25) is 0 Å². The van der Waals surface area contributed by atoms with E-state index in [-0.39, 0.29) is 11.9 Å². The molecule has 1 aliphatic heterocycles. The third kappa shape index (κ3) is 5.39. The van der Waals surface area contributed by atoms with Crippen molar-refractivity contribution in [1.29, 1.82) is 0 Å². The van der Waals surface area contributed by atoms with Gasteiger partial charge in [-0.25, -0.2) is 13.1 Å². The summed E-state index contributed by atoms with van der Waals surface area (Å²) in [7, 11) is -1.26. The molecular formula is C18H25N3O3S3. The molecule has 6 nitrogen and oxygen atoms in total. The molecule has 2 aromatic rings. The van der Waals surface area contributed by atoms with Gasteiger partial charge in [0.2, 0.25) is 15.9 Å². The maximum atomic E-state index is 13.0. The van der Waals surface area contributed by atoms with E-state index in [1.807, 2.05) is 22.9 Å². The Balaban J connectivity index is 1.62. The van der Waals surface area contributed by atoms with Crippen molar-refractivity contribution in [3.8, 4) is 0 Å². The molecule has 2 aromatic heterocycles. The summed E-state index contributed by atoms with van der Waals surface area (Å²) in [6, 6.07) is 6.28. The van der Waals surface area contributed by atoms with Crippen molar-refractivity contribution in [1.82, 2.24) is 14.5 Å². The van der Waals surface area contributed by atoms with E-state index in [0.717, 1.165) is 19.2 Å². The fourth-order valence-corrected chi connectivity index (χ4v) is 5.62. The van der Waals surface area contributed by atoms with Crippen LogP contribution in [0.1, 0.15) is 27.8 Å². The molecule has 0 radical (unpaired) electrons. The van der Waals surface area contributed by atoms with Gasteiger partial charge in [0.1, 0.15) is 0 Å². The predicted molar refractivity (Wildman–Crippen MR) is 111 cm³/mol. The zero-order valence-electron chi connectivity index (χ0n) is 15.6. The minimum Gasteiger partial charge on any atom is -0.329 e. The molecule has 0 aromatic carbocycles. The van der Waals surface area contributed by atoms with Crippen molar-refractivity contribution >= 4 is 38.6 Å². The first-order chi connectivity index (χ1) is 12.8.